The van der Waals surface area contributed by atoms with Crippen LogP contribution in [0.3, 0.4) is 0 Å². The Kier molecular flexibility index (Phi) is 4.01. The summed E-state index contributed by atoms with van der Waals surface area (Å²) in [7, 11) is 0. The van der Waals surface area contributed by atoms with E-state index in [1.54, 1.807) is 0 Å². The smallest absolute Gasteiger partial charge is 0.234 e. The molecule has 1 aliphatic carbocycles. The van der Waals surface area contributed by atoms with E-state index in [0.717, 1.165) is 13.1 Å². The molecular weight excluding hydrogens is 188 g/mol. The van der Waals surface area contributed by atoms with Gasteiger partial charge in [-0.15, -0.1) is 0 Å². The second-order valence-electron chi connectivity index (χ2n) is 4.89. The fourth-order valence-corrected chi connectivity index (χ4v) is 2.66. The van der Waals surface area contributed by atoms with Crippen molar-refractivity contribution in [2.75, 3.05) is 19.6 Å². The molecule has 2 rings (SSSR count). The zero-order chi connectivity index (χ0) is 10.5. The molecule has 1 N–H and O–H groups in total. The zero-order valence-corrected chi connectivity index (χ0v) is 9.50. The van der Waals surface area contributed by atoms with E-state index in [1.807, 2.05) is 0 Å². The maximum Gasteiger partial charge on any atom is 0.234 e. The lowest BCUT2D eigenvalue weighted by molar-refractivity contribution is -0.123. The second-order valence-corrected chi connectivity index (χ2v) is 4.89. The molecule has 0 aromatic carbocycles. The third-order valence-electron chi connectivity index (χ3n) is 3.54. The van der Waals surface area contributed by atoms with Crippen LogP contribution in [0.2, 0.25) is 0 Å². The minimum absolute atomic E-state index is 0.240. The Balaban J connectivity index is 1.66. The van der Waals surface area contributed by atoms with Crippen molar-refractivity contribution in [2.45, 2.75) is 51.0 Å². The topological polar surface area (TPSA) is 32.3 Å². The Morgan fingerprint density at radius 1 is 1.07 bits per heavy atom. The van der Waals surface area contributed by atoms with Gasteiger partial charge in [0.2, 0.25) is 5.91 Å². The van der Waals surface area contributed by atoms with Crippen molar-refractivity contribution in [3.63, 3.8) is 0 Å². The van der Waals surface area contributed by atoms with E-state index in [1.165, 1.54) is 44.9 Å². The first-order valence-electron chi connectivity index (χ1n) is 6.36. The summed E-state index contributed by atoms with van der Waals surface area (Å²) in [6.07, 6.45) is 8.80. The van der Waals surface area contributed by atoms with Gasteiger partial charge in [-0.3, -0.25) is 9.69 Å². The summed E-state index contributed by atoms with van der Waals surface area (Å²) in [6.45, 7) is 2.84. The fraction of sp³-hybridized carbons (Fsp3) is 0.917. The maximum absolute atomic E-state index is 11.7. The first kappa shape index (κ1) is 10.9. The van der Waals surface area contributed by atoms with E-state index < -0.39 is 0 Å². The van der Waals surface area contributed by atoms with E-state index in [-0.39, 0.29) is 5.91 Å². The molecule has 15 heavy (non-hydrogen) atoms. The molecule has 0 bridgehead atoms. The van der Waals surface area contributed by atoms with Crippen LogP contribution in [-0.2, 0) is 4.79 Å². The number of rotatable bonds is 3. The SMILES string of the molecule is O=C(CN1CCCCC1)NC1CCCC1. The number of amides is 1. The van der Waals surface area contributed by atoms with Gasteiger partial charge in [-0.05, 0) is 38.8 Å². The molecular formula is C12H22N2O. The lowest BCUT2D eigenvalue weighted by Gasteiger charge is -2.26. The van der Waals surface area contributed by atoms with Gasteiger partial charge in [0.1, 0.15) is 0 Å². The molecule has 1 aliphatic heterocycles. The van der Waals surface area contributed by atoms with Crippen LogP contribution in [0.1, 0.15) is 44.9 Å². The van der Waals surface area contributed by atoms with Crippen molar-refractivity contribution in [3.05, 3.63) is 0 Å². The van der Waals surface area contributed by atoms with Gasteiger partial charge >= 0.3 is 0 Å². The van der Waals surface area contributed by atoms with Crippen LogP contribution in [-0.4, -0.2) is 36.5 Å². The highest BCUT2D eigenvalue weighted by Gasteiger charge is 2.19. The largest absolute Gasteiger partial charge is 0.352 e. The monoisotopic (exact) mass is 210 g/mol. The molecule has 1 heterocycles. The van der Waals surface area contributed by atoms with Crippen LogP contribution < -0.4 is 5.32 Å². The predicted octanol–water partition coefficient (Wildman–Crippen LogP) is 1.53. The average molecular weight is 210 g/mol. The van der Waals surface area contributed by atoms with Crippen LogP contribution in [0.15, 0.2) is 0 Å². The number of piperidine rings is 1. The fourth-order valence-electron chi connectivity index (χ4n) is 2.66. The highest BCUT2D eigenvalue weighted by atomic mass is 16.2. The summed E-state index contributed by atoms with van der Waals surface area (Å²) < 4.78 is 0. The quantitative estimate of drug-likeness (QED) is 0.766. The van der Waals surface area contributed by atoms with Crippen molar-refractivity contribution in [3.8, 4) is 0 Å². The van der Waals surface area contributed by atoms with Crippen LogP contribution in [0.25, 0.3) is 0 Å². The molecule has 86 valence electrons. The molecule has 3 heteroatoms. The summed E-state index contributed by atoms with van der Waals surface area (Å²) >= 11 is 0. The highest BCUT2D eigenvalue weighted by Crippen LogP contribution is 2.17. The number of carbonyl (C=O) groups excluding carboxylic acids is 1. The van der Waals surface area contributed by atoms with Crippen molar-refractivity contribution < 1.29 is 4.79 Å². The van der Waals surface area contributed by atoms with Crippen molar-refractivity contribution in [2.24, 2.45) is 0 Å². The molecule has 1 saturated carbocycles. The highest BCUT2D eigenvalue weighted by molar-refractivity contribution is 5.78. The number of nitrogens with one attached hydrogen (secondary N) is 1. The van der Waals surface area contributed by atoms with Gasteiger partial charge in [-0.25, -0.2) is 0 Å². The van der Waals surface area contributed by atoms with E-state index >= 15 is 0 Å². The number of likely N-dealkylation sites (tertiary alicyclic amines) is 1. The first-order chi connectivity index (χ1) is 7.34. The van der Waals surface area contributed by atoms with Crippen molar-refractivity contribution >= 4 is 5.91 Å². The Labute approximate surface area is 92.2 Å². The molecule has 0 aromatic heterocycles. The summed E-state index contributed by atoms with van der Waals surface area (Å²) in [5.41, 5.74) is 0. The lowest BCUT2D eigenvalue weighted by atomic mass is 10.1. The number of nitrogens with zero attached hydrogens (tertiary/aromatic N) is 1. The Hall–Kier alpha value is -0.570. The number of carbonyl (C=O) groups is 1. The Morgan fingerprint density at radius 2 is 1.73 bits per heavy atom. The Bertz CT molecular complexity index is 206. The van der Waals surface area contributed by atoms with Gasteiger partial charge < -0.3 is 5.32 Å². The van der Waals surface area contributed by atoms with Gasteiger partial charge in [0.05, 0.1) is 6.54 Å². The lowest BCUT2D eigenvalue weighted by Crippen LogP contribution is -2.42. The number of hydrogen-bond donors (Lipinski definition) is 1. The molecule has 0 radical (unpaired) electrons. The second kappa shape index (κ2) is 5.50. The predicted molar refractivity (Wildman–Crippen MR) is 60.7 cm³/mol. The summed E-state index contributed by atoms with van der Waals surface area (Å²) in [5.74, 6) is 0.240. The van der Waals surface area contributed by atoms with E-state index in [2.05, 4.69) is 10.2 Å². The minimum atomic E-state index is 0.240. The summed E-state index contributed by atoms with van der Waals surface area (Å²) in [6, 6.07) is 0.474. The number of hydrogen-bond acceptors (Lipinski definition) is 2. The first-order valence-corrected chi connectivity index (χ1v) is 6.36. The van der Waals surface area contributed by atoms with Crippen molar-refractivity contribution in [1.82, 2.24) is 10.2 Å². The van der Waals surface area contributed by atoms with Crippen LogP contribution in [0, 0.1) is 0 Å². The molecule has 3 nitrogen and oxygen atoms in total. The molecule has 0 unspecified atom stereocenters. The van der Waals surface area contributed by atoms with Crippen LogP contribution in [0.5, 0.6) is 0 Å². The van der Waals surface area contributed by atoms with Gasteiger partial charge in [0, 0.05) is 6.04 Å². The molecule has 1 saturated heterocycles. The molecule has 0 aromatic rings. The molecule has 2 aliphatic rings. The van der Waals surface area contributed by atoms with Crippen LogP contribution in [0.4, 0.5) is 0 Å². The Morgan fingerprint density at radius 3 is 2.40 bits per heavy atom. The average Bonchev–Trinajstić information content (AvgIpc) is 2.71. The maximum atomic E-state index is 11.7. The summed E-state index contributed by atoms with van der Waals surface area (Å²) in [4.78, 5) is 14.0. The normalized spacial score (nSPS) is 24.3. The molecule has 1 amide bonds. The van der Waals surface area contributed by atoms with Crippen molar-refractivity contribution in [1.29, 1.82) is 0 Å². The third-order valence-corrected chi connectivity index (χ3v) is 3.54. The van der Waals surface area contributed by atoms with Gasteiger partial charge in [-0.2, -0.15) is 0 Å². The standard InChI is InChI=1S/C12H22N2O/c15-12(13-11-6-2-3-7-11)10-14-8-4-1-5-9-14/h11H,1-10H2,(H,13,15). The van der Waals surface area contributed by atoms with Gasteiger partial charge in [0.25, 0.3) is 0 Å². The van der Waals surface area contributed by atoms with E-state index in [0.29, 0.717) is 12.6 Å². The third kappa shape index (κ3) is 3.49. The minimum Gasteiger partial charge on any atom is -0.352 e. The van der Waals surface area contributed by atoms with Crippen LogP contribution >= 0.6 is 0 Å². The molecule has 2 fully saturated rings. The summed E-state index contributed by atoms with van der Waals surface area (Å²) in [5, 5.41) is 3.15. The molecule has 0 spiro atoms. The van der Waals surface area contributed by atoms with Gasteiger partial charge in [0.15, 0.2) is 0 Å². The van der Waals surface area contributed by atoms with Gasteiger partial charge in [-0.1, -0.05) is 19.3 Å². The zero-order valence-electron chi connectivity index (χ0n) is 9.50. The van der Waals surface area contributed by atoms with E-state index in [9.17, 15) is 4.79 Å². The van der Waals surface area contributed by atoms with E-state index in [4.69, 9.17) is 0 Å². The molecule has 0 atom stereocenters.